The fraction of sp³-hybridized carbons (Fsp3) is 0.500. The lowest BCUT2D eigenvalue weighted by molar-refractivity contribution is -0.145. The topological polar surface area (TPSA) is 92.9 Å². The van der Waals surface area contributed by atoms with Crippen molar-refractivity contribution < 1.29 is 18.0 Å². The molecule has 20 heavy (non-hydrogen) atoms. The molecule has 1 aromatic heterocycles. The molecule has 1 heterocycles. The number of rotatable bonds is 5. The van der Waals surface area contributed by atoms with Gasteiger partial charge in [-0.2, -0.15) is 13.2 Å². The highest BCUT2D eigenvalue weighted by atomic mass is 32.2. The summed E-state index contributed by atoms with van der Waals surface area (Å²) in [7, 11) is 0. The number of thioether (sulfide) groups is 1. The monoisotopic (exact) mass is 307 g/mol. The number of amides is 1. The highest BCUT2D eigenvalue weighted by Crippen LogP contribution is 2.29. The van der Waals surface area contributed by atoms with Crippen molar-refractivity contribution in [3.05, 3.63) is 11.9 Å². The van der Waals surface area contributed by atoms with Gasteiger partial charge in [-0.1, -0.05) is 11.8 Å². The van der Waals surface area contributed by atoms with Gasteiger partial charge in [0.15, 0.2) is 0 Å². The van der Waals surface area contributed by atoms with Crippen LogP contribution >= 0.6 is 11.8 Å². The summed E-state index contributed by atoms with van der Waals surface area (Å²) in [6.07, 6.45) is -2.77. The van der Waals surface area contributed by atoms with Gasteiger partial charge in [0.2, 0.25) is 11.7 Å². The van der Waals surface area contributed by atoms with E-state index in [1.165, 1.54) is 6.07 Å². The molecule has 110 valence electrons. The van der Waals surface area contributed by atoms with Crippen LogP contribution in [0.15, 0.2) is 11.1 Å². The highest BCUT2D eigenvalue weighted by molar-refractivity contribution is 7.99. The largest absolute Gasteiger partial charge is 0.451 e. The van der Waals surface area contributed by atoms with E-state index >= 15 is 0 Å². The molecule has 1 saturated carbocycles. The van der Waals surface area contributed by atoms with Crippen molar-refractivity contribution in [2.24, 2.45) is 5.84 Å². The average molecular weight is 307 g/mol. The maximum atomic E-state index is 12.6. The molecule has 0 aromatic carbocycles. The van der Waals surface area contributed by atoms with E-state index in [1.807, 2.05) is 5.43 Å². The molecule has 1 aromatic rings. The van der Waals surface area contributed by atoms with Gasteiger partial charge in [0.1, 0.15) is 10.8 Å². The zero-order chi connectivity index (χ0) is 14.8. The molecular weight excluding hydrogens is 295 g/mol. The number of nitrogens with two attached hydrogens (primary N) is 1. The Morgan fingerprint density at radius 3 is 2.70 bits per heavy atom. The lowest BCUT2D eigenvalue weighted by atomic mass is 10.5. The summed E-state index contributed by atoms with van der Waals surface area (Å²) in [6, 6.07) is 1.46. The predicted molar refractivity (Wildman–Crippen MR) is 66.7 cm³/mol. The van der Waals surface area contributed by atoms with Crippen LogP contribution in [0.2, 0.25) is 0 Å². The second kappa shape index (κ2) is 5.83. The maximum Gasteiger partial charge on any atom is 0.451 e. The van der Waals surface area contributed by atoms with Gasteiger partial charge in [-0.15, -0.1) is 0 Å². The Labute approximate surface area is 116 Å². The molecule has 2 rings (SSSR count). The number of carbonyl (C=O) groups excluding carboxylic acids is 1. The molecule has 0 spiro atoms. The number of carbonyl (C=O) groups is 1. The SMILES string of the molecule is NNc1cc(SCC(=O)NC2CC2)nc(C(F)(F)F)n1. The summed E-state index contributed by atoms with van der Waals surface area (Å²) < 4.78 is 37.7. The molecule has 0 radical (unpaired) electrons. The number of nitrogens with one attached hydrogen (secondary N) is 2. The number of hydrogen-bond acceptors (Lipinski definition) is 6. The minimum Gasteiger partial charge on any atom is -0.353 e. The van der Waals surface area contributed by atoms with E-state index in [4.69, 9.17) is 5.84 Å². The van der Waals surface area contributed by atoms with Gasteiger partial charge in [0.05, 0.1) is 5.75 Å². The minimum absolute atomic E-state index is 0.00514. The van der Waals surface area contributed by atoms with Gasteiger partial charge in [-0.05, 0) is 12.8 Å². The average Bonchev–Trinajstić information content (AvgIpc) is 3.19. The van der Waals surface area contributed by atoms with Gasteiger partial charge in [0.25, 0.3) is 0 Å². The Hall–Kier alpha value is -1.55. The molecule has 1 aliphatic rings. The Balaban J connectivity index is 2.03. The molecule has 0 unspecified atom stereocenters. The zero-order valence-electron chi connectivity index (χ0n) is 10.2. The molecule has 0 aliphatic heterocycles. The highest BCUT2D eigenvalue weighted by Gasteiger charge is 2.35. The molecule has 0 bridgehead atoms. The van der Waals surface area contributed by atoms with E-state index < -0.39 is 12.0 Å². The summed E-state index contributed by atoms with van der Waals surface area (Å²) in [5, 5.41) is 2.77. The second-order valence-electron chi connectivity index (χ2n) is 4.19. The van der Waals surface area contributed by atoms with Crippen molar-refractivity contribution in [1.29, 1.82) is 0 Å². The Bertz CT molecular complexity index is 506. The Morgan fingerprint density at radius 2 is 2.15 bits per heavy atom. The first-order valence-corrected chi connectivity index (χ1v) is 6.72. The zero-order valence-corrected chi connectivity index (χ0v) is 11.0. The van der Waals surface area contributed by atoms with E-state index in [0.29, 0.717) is 0 Å². The summed E-state index contributed by atoms with van der Waals surface area (Å²) in [5.41, 5.74) is 2.04. The van der Waals surface area contributed by atoms with Crippen molar-refractivity contribution in [1.82, 2.24) is 15.3 Å². The fourth-order valence-electron chi connectivity index (χ4n) is 1.34. The first-order valence-electron chi connectivity index (χ1n) is 5.73. The van der Waals surface area contributed by atoms with E-state index in [2.05, 4.69) is 15.3 Å². The van der Waals surface area contributed by atoms with Crippen molar-refractivity contribution in [2.45, 2.75) is 30.1 Å². The van der Waals surface area contributed by atoms with Crippen molar-refractivity contribution in [3.8, 4) is 0 Å². The molecular formula is C10H12F3N5OS. The van der Waals surface area contributed by atoms with E-state index in [-0.39, 0.29) is 28.5 Å². The first kappa shape index (κ1) is 14.9. The smallest absolute Gasteiger partial charge is 0.353 e. The van der Waals surface area contributed by atoms with Gasteiger partial charge in [-0.25, -0.2) is 15.8 Å². The molecule has 1 aliphatic carbocycles. The maximum absolute atomic E-state index is 12.6. The molecule has 1 amide bonds. The summed E-state index contributed by atoms with van der Waals surface area (Å²) in [6.45, 7) is 0. The van der Waals surface area contributed by atoms with Gasteiger partial charge < -0.3 is 10.7 Å². The van der Waals surface area contributed by atoms with Crippen molar-refractivity contribution in [3.63, 3.8) is 0 Å². The Morgan fingerprint density at radius 1 is 1.45 bits per heavy atom. The second-order valence-corrected chi connectivity index (χ2v) is 5.18. The number of nitrogen functional groups attached to an aromatic ring is 1. The van der Waals surface area contributed by atoms with Gasteiger partial charge in [-0.3, -0.25) is 4.79 Å². The third kappa shape index (κ3) is 4.23. The van der Waals surface area contributed by atoms with Crippen LogP contribution in [0.1, 0.15) is 18.7 Å². The number of nitrogens with zero attached hydrogens (tertiary/aromatic N) is 2. The van der Waals surface area contributed by atoms with Crippen LogP contribution in [-0.2, 0) is 11.0 Å². The lowest BCUT2D eigenvalue weighted by Gasteiger charge is -2.09. The van der Waals surface area contributed by atoms with Crippen LogP contribution in [0.4, 0.5) is 19.0 Å². The van der Waals surface area contributed by atoms with Crippen LogP contribution in [0, 0.1) is 0 Å². The van der Waals surface area contributed by atoms with Gasteiger partial charge in [0, 0.05) is 12.1 Å². The number of alkyl halides is 3. The summed E-state index contributed by atoms with van der Waals surface area (Å²) in [5.74, 6) is 3.38. The molecule has 0 atom stereocenters. The third-order valence-corrected chi connectivity index (χ3v) is 3.31. The van der Waals surface area contributed by atoms with Crippen LogP contribution in [-0.4, -0.2) is 27.7 Å². The van der Waals surface area contributed by atoms with Crippen molar-refractivity contribution in [2.75, 3.05) is 11.2 Å². The molecule has 1 fully saturated rings. The van der Waals surface area contributed by atoms with Crippen LogP contribution in [0.3, 0.4) is 0 Å². The predicted octanol–water partition coefficient (Wildman–Crippen LogP) is 1.15. The Kier molecular flexibility index (Phi) is 4.33. The number of halogens is 3. The minimum atomic E-state index is -4.67. The van der Waals surface area contributed by atoms with Crippen LogP contribution < -0.4 is 16.6 Å². The van der Waals surface area contributed by atoms with Crippen molar-refractivity contribution >= 4 is 23.5 Å². The molecule has 0 saturated heterocycles. The summed E-state index contributed by atoms with van der Waals surface area (Å²) >= 11 is 0.899. The van der Waals surface area contributed by atoms with E-state index in [9.17, 15) is 18.0 Å². The quantitative estimate of drug-likeness (QED) is 0.327. The van der Waals surface area contributed by atoms with Gasteiger partial charge >= 0.3 is 6.18 Å². The number of hydrazine groups is 1. The fourth-order valence-corrected chi connectivity index (χ4v) is 2.04. The number of anilines is 1. The molecule has 4 N–H and O–H groups in total. The van der Waals surface area contributed by atoms with Crippen LogP contribution in [0.25, 0.3) is 0 Å². The lowest BCUT2D eigenvalue weighted by Crippen LogP contribution is -2.27. The molecule has 10 heteroatoms. The van der Waals surface area contributed by atoms with E-state index in [0.717, 1.165) is 24.6 Å². The normalized spacial score (nSPS) is 15.0. The standard InChI is InChI=1S/C10H12F3N5OS/c11-10(12,13)9-16-6(18-14)3-8(17-9)20-4-7(19)15-5-1-2-5/h3,5H,1-2,4,14H2,(H,15,19)(H,16,17,18). The number of hydrogen-bond donors (Lipinski definition) is 3. The molecule has 6 nitrogen and oxygen atoms in total. The number of aromatic nitrogens is 2. The third-order valence-electron chi connectivity index (χ3n) is 2.40. The van der Waals surface area contributed by atoms with E-state index in [1.54, 1.807) is 0 Å². The first-order chi connectivity index (χ1) is 9.38. The summed E-state index contributed by atoms with van der Waals surface area (Å²) in [4.78, 5) is 18.1. The van der Waals surface area contributed by atoms with Crippen LogP contribution in [0.5, 0.6) is 0 Å².